The lowest BCUT2D eigenvalue weighted by atomic mass is 10.1. The monoisotopic (exact) mass is 511 g/mol. The Morgan fingerprint density at radius 2 is 1.76 bits per heavy atom. The van der Waals surface area contributed by atoms with E-state index in [1.54, 1.807) is 0 Å². The third kappa shape index (κ3) is 6.63. The number of ether oxygens (including phenoxy) is 2. The molecule has 0 unspecified atom stereocenters. The molecule has 38 heavy (non-hydrogen) atoms. The summed E-state index contributed by atoms with van der Waals surface area (Å²) < 4.78 is 14.2. The molecule has 0 aliphatic heterocycles. The first-order chi connectivity index (χ1) is 18.5. The Morgan fingerprint density at radius 1 is 1.00 bits per heavy atom. The molecule has 3 aromatic carbocycles. The Balaban J connectivity index is 1.40. The van der Waals surface area contributed by atoms with E-state index in [0.717, 1.165) is 51.9 Å². The van der Waals surface area contributed by atoms with Crippen molar-refractivity contribution in [1.82, 2.24) is 14.7 Å². The maximum atomic E-state index is 11.0. The minimum atomic E-state index is -0.619. The van der Waals surface area contributed by atoms with Crippen LogP contribution in [0.5, 0.6) is 17.4 Å². The predicted molar refractivity (Wildman–Crippen MR) is 151 cm³/mol. The highest BCUT2D eigenvalue weighted by atomic mass is 16.5. The Kier molecular flexibility index (Phi) is 8.11. The van der Waals surface area contributed by atoms with Crippen LogP contribution < -0.4 is 9.47 Å². The highest BCUT2D eigenvalue weighted by molar-refractivity contribution is 5.65. The number of aromatic nitrogens is 2. The summed E-state index contributed by atoms with van der Waals surface area (Å²) in [6.45, 7) is 6.38. The standard InChI is InChI=1S/C32H37N3O3/c1-23-10-9-14-28(18-23)38-32-29(31(33-34(32)3)26-12-5-4-6-13-26)21-35(19-25-16-17-25)20-27(36)22-37-30-15-8-7-11-24(30)2/h4-15,18,25,27,36H,16-17,19-22H2,1-3H3/t27-/m0/s1. The number of para-hydroxylation sites is 1. The van der Waals surface area contributed by atoms with Gasteiger partial charge in [-0.1, -0.05) is 60.7 Å². The molecule has 1 aliphatic carbocycles. The molecule has 0 radical (unpaired) electrons. The van der Waals surface area contributed by atoms with Crippen LogP contribution in [0.4, 0.5) is 0 Å². The van der Waals surface area contributed by atoms with Crippen LogP contribution in [0.3, 0.4) is 0 Å². The zero-order valence-corrected chi connectivity index (χ0v) is 22.5. The highest BCUT2D eigenvalue weighted by Gasteiger charge is 2.28. The van der Waals surface area contributed by atoms with Gasteiger partial charge < -0.3 is 14.6 Å². The summed E-state index contributed by atoms with van der Waals surface area (Å²) >= 11 is 0. The van der Waals surface area contributed by atoms with E-state index in [-0.39, 0.29) is 6.61 Å². The highest BCUT2D eigenvalue weighted by Crippen LogP contribution is 2.36. The SMILES string of the molecule is Cc1cccc(Oc2c(CN(CC3CC3)C[C@H](O)COc3ccccc3C)c(-c3ccccc3)nn2C)c1. The lowest BCUT2D eigenvalue weighted by molar-refractivity contribution is 0.0635. The maximum Gasteiger partial charge on any atom is 0.222 e. The predicted octanol–water partition coefficient (Wildman–Crippen LogP) is 6.15. The van der Waals surface area contributed by atoms with E-state index in [9.17, 15) is 5.11 Å². The lowest BCUT2D eigenvalue weighted by Crippen LogP contribution is -2.36. The number of aliphatic hydroxyl groups excluding tert-OH is 1. The van der Waals surface area contributed by atoms with Gasteiger partial charge in [0.25, 0.3) is 0 Å². The van der Waals surface area contributed by atoms with Gasteiger partial charge in [0, 0.05) is 32.2 Å². The van der Waals surface area contributed by atoms with Gasteiger partial charge in [-0.2, -0.15) is 5.10 Å². The fraction of sp³-hybridized carbons (Fsp3) is 0.344. The van der Waals surface area contributed by atoms with Gasteiger partial charge in [0.1, 0.15) is 29.9 Å². The minimum Gasteiger partial charge on any atom is -0.491 e. The van der Waals surface area contributed by atoms with Crippen LogP contribution in [0.2, 0.25) is 0 Å². The van der Waals surface area contributed by atoms with Gasteiger partial charge >= 0.3 is 0 Å². The van der Waals surface area contributed by atoms with Gasteiger partial charge in [-0.15, -0.1) is 0 Å². The Hall–Kier alpha value is -3.61. The third-order valence-electron chi connectivity index (χ3n) is 6.93. The number of nitrogens with zero attached hydrogens (tertiary/aromatic N) is 3. The molecular formula is C32H37N3O3. The molecule has 5 rings (SSSR count). The van der Waals surface area contributed by atoms with Crippen molar-refractivity contribution in [1.29, 1.82) is 0 Å². The summed E-state index contributed by atoms with van der Waals surface area (Å²) in [5.74, 6) is 2.99. The van der Waals surface area contributed by atoms with Crippen molar-refractivity contribution < 1.29 is 14.6 Å². The molecule has 0 amide bonds. The van der Waals surface area contributed by atoms with Crippen molar-refractivity contribution in [2.24, 2.45) is 13.0 Å². The second kappa shape index (κ2) is 11.8. The average Bonchev–Trinajstić information content (AvgIpc) is 3.68. The van der Waals surface area contributed by atoms with Crippen LogP contribution >= 0.6 is 0 Å². The summed E-state index contributed by atoms with van der Waals surface area (Å²) in [5, 5.41) is 15.9. The number of hydrogen-bond donors (Lipinski definition) is 1. The Labute approximate surface area is 225 Å². The Morgan fingerprint density at radius 3 is 2.50 bits per heavy atom. The first kappa shape index (κ1) is 26.0. The minimum absolute atomic E-state index is 0.247. The summed E-state index contributed by atoms with van der Waals surface area (Å²) in [5.41, 5.74) is 5.18. The lowest BCUT2D eigenvalue weighted by Gasteiger charge is -2.26. The molecule has 6 heteroatoms. The smallest absolute Gasteiger partial charge is 0.222 e. The van der Waals surface area contributed by atoms with Gasteiger partial charge in [0.05, 0.1) is 5.56 Å². The molecule has 1 aliphatic rings. The summed E-state index contributed by atoms with van der Waals surface area (Å²) in [6, 6.07) is 26.2. The first-order valence-corrected chi connectivity index (χ1v) is 13.4. The van der Waals surface area contributed by atoms with Gasteiger partial charge in [-0.25, -0.2) is 4.68 Å². The quantitative estimate of drug-likeness (QED) is 0.247. The number of benzene rings is 3. The molecular weight excluding hydrogens is 474 g/mol. The molecule has 0 spiro atoms. The normalized spacial score (nSPS) is 14.0. The number of aryl methyl sites for hydroxylation is 3. The number of hydrogen-bond acceptors (Lipinski definition) is 5. The van der Waals surface area contributed by atoms with Crippen molar-refractivity contribution in [3.05, 3.63) is 95.6 Å². The third-order valence-corrected chi connectivity index (χ3v) is 6.93. The van der Waals surface area contributed by atoms with Crippen LogP contribution in [0, 0.1) is 19.8 Å². The first-order valence-electron chi connectivity index (χ1n) is 13.4. The van der Waals surface area contributed by atoms with Gasteiger partial charge in [-0.05, 0) is 61.9 Å². The average molecular weight is 512 g/mol. The maximum absolute atomic E-state index is 11.0. The van der Waals surface area contributed by atoms with Gasteiger partial charge in [0.2, 0.25) is 5.88 Å². The van der Waals surface area contributed by atoms with E-state index in [0.29, 0.717) is 19.0 Å². The fourth-order valence-electron chi connectivity index (χ4n) is 4.79. The van der Waals surface area contributed by atoms with E-state index in [2.05, 4.69) is 30.0 Å². The van der Waals surface area contributed by atoms with E-state index in [4.69, 9.17) is 14.6 Å². The molecule has 198 valence electrons. The molecule has 1 fully saturated rings. The van der Waals surface area contributed by atoms with Crippen LogP contribution in [0.25, 0.3) is 11.3 Å². The zero-order chi connectivity index (χ0) is 26.5. The molecule has 1 aromatic heterocycles. The van der Waals surface area contributed by atoms with E-state index in [1.807, 2.05) is 79.3 Å². The molecule has 1 saturated carbocycles. The van der Waals surface area contributed by atoms with Crippen molar-refractivity contribution >= 4 is 0 Å². The van der Waals surface area contributed by atoms with Gasteiger partial charge in [-0.3, -0.25) is 4.90 Å². The zero-order valence-electron chi connectivity index (χ0n) is 22.5. The summed E-state index contributed by atoms with van der Waals surface area (Å²) in [7, 11) is 1.93. The molecule has 0 saturated heterocycles. The molecule has 6 nitrogen and oxygen atoms in total. The van der Waals surface area contributed by atoms with Crippen molar-refractivity contribution in [2.45, 2.75) is 39.3 Å². The second-order valence-electron chi connectivity index (χ2n) is 10.4. The fourth-order valence-corrected chi connectivity index (χ4v) is 4.79. The van der Waals surface area contributed by atoms with Crippen LogP contribution in [-0.2, 0) is 13.6 Å². The summed E-state index contributed by atoms with van der Waals surface area (Å²) in [6.07, 6.45) is 1.85. The molecule has 1 heterocycles. The van der Waals surface area contributed by atoms with Crippen molar-refractivity contribution in [2.75, 3.05) is 19.7 Å². The van der Waals surface area contributed by atoms with Crippen molar-refractivity contribution in [3.8, 4) is 28.6 Å². The number of rotatable bonds is 12. The summed E-state index contributed by atoms with van der Waals surface area (Å²) in [4.78, 5) is 2.33. The topological polar surface area (TPSA) is 59.8 Å². The van der Waals surface area contributed by atoms with E-state index in [1.165, 1.54) is 12.8 Å². The van der Waals surface area contributed by atoms with Crippen LogP contribution in [-0.4, -0.2) is 45.6 Å². The number of aliphatic hydroxyl groups is 1. The van der Waals surface area contributed by atoms with E-state index < -0.39 is 6.10 Å². The van der Waals surface area contributed by atoms with Crippen LogP contribution in [0.1, 0.15) is 29.5 Å². The second-order valence-corrected chi connectivity index (χ2v) is 10.4. The largest absolute Gasteiger partial charge is 0.491 e. The van der Waals surface area contributed by atoms with Crippen LogP contribution in [0.15, 0.2) is 78.9 Å². The van der Waals surface area contributed by atoms with E-state index >= 15 is 0 Å². The van der Waals surface area contributed by atoms with Crippen molar-refractivity contribution in [3.63, 3.8) is 0 Å². The molecule has 1 atom stereocenters. The van der Waals surface area contributed by atoms with Gasteiger partial charge in [0.15, 0.2) is 0 Å². The molecule has 0 bridgehead atoms. The molecule has 4 aromatic rings. The Bertz CT molecular complexity index is 1350. The molecule has 1 N–H and O–H groups in total.